The summed E-state index contributed by atoms with van der Waals surface area (Å²) in [4.78, 5) is 18.1. The molecule has 0 bridgehead atoms. The first-order chi connectivity index (χ1) is 11.1. The van der Waals surface area contributed by atoms with Gasteiger partial charge >= 0.3 is 6.03 Å². The highest BCUT2D eigenvalue weighted by Gasteiger charge is 2.34. The van der Waals surface area contributed by atoms with E-state index in [4.69, 9.17) is 0 Å². The van der Waals surface area contributed by atoms with E-state index in [1.807, 2.05) is 0 Å². The summed E-state index contributed by atoms with van der Waals surface area (Å²) in [5.41, 5.74) is 1.27. The molecule has 0 atom stereocenters. The lowest BCUT2D eigenvalue weighted by Crippen LogP contribution is -2.46. The van der Waals surface area contributed by atoms with E-state index < -0.39 is 10.0 Å². The molecule has 0 unspecified atom stereocenters. The predicted octanol–water partition coefficient (Wildman–Crippen LogP) is -0.112. The average Bonchev–Trinajstić information content (AvgIpc) is 3.06. The zero-order valence-electron chi connectivity index (χ0n) is 12.4. The first-order valence-electron chi connectivity index (χ1n) is 7.56. The van der Waals surface area contributed by atoms with Gasteiger partial charge in [0.25, 0.3) is 0 Å². The first kappa shape index (κ1) is 14.6. The van der Waals surface area contributed by atoms with Crippen molar-refractivity contribution in [1.29, 1.82) is 0 Å². The van der Waals surface area contributed by atoms with Crippen molar-refractivity contribution in [1.82, 2.24) is 14.5 Å². The van der Waals surface area contributed by atoms with E-state index in [-0.39, 0.29) is 10.9 Å². The van der Waals surface area contributed by atoms with Crippen LogP contribution in [0.1, 0.15) is 5.56 Å². The number of anilines is 1. The number of nitrogens with one attached hydrogen (secondary N) is 2. The molecule has 0 saturated carbocycles. The molecule has 0 spiro atoms. The van der Waals surface area contributed by atoms with Crippen molar-refractivity contribution in [2.45, 2.75) is 4.90 Å². The Hall–Kier alpha value is -1.97. The van der Waals surface area contributed by atoms with Crippen molar-refractivity contribution in [3.63, 3.8) is 0 Å². The normalized spacial score (nSPS) is 21.5. The molecule has 8 nitrogen and oxygen atoms in total. The largest absolute Gasteiger partial charge is 0.327 e. The molecule has 1 aromatic carbocycles. The molecule has 122 valence electrons. The molecule has 0 aliphatic carbocycles. The quantitative estimate of drug-likeness (QED) is 0.788. The van der Waals surface area contributed by atoms with Crippen LogP contribution in [0.3, 0.4) is 0 Å². The maximum absolute atomic E-state index is 12.8. The predicted molar refractivity (Wildman–Crippen MR) is 85.2 cm³/mol. The summed E-state index contributed by atoms with van der Waals surface area (Å²) in [7, 11) is -3.53. The van der Waals surface area contributed by atoms with Gasteiger partial charge in [0.1, 0.15) is 5.84 Å². The molecule has 1 saturated heterocycles. The first-order valence-corrected chi connectivity index (χ1v) is 9.00. The smallest absolute Gasteiger partial charge is 0.314 e. The van der Waals surface area contributed by atoms with Gasteiger partial charge in [-0.1, -0.05) is 0 Å². The van der Waals surface area contributed by atoms with Crippen molar-refractivity contribution in [3.8, 4) is 0 Å². The third-order valence-electron chi connectivity index (χ3n) is 4.27. The molecule has 4 rings (SSSR count). The summed E-state index contributed by atoms with van der Waals surface area (Å²) in [6.07, 6.45) is 0. The van der Waals surface area contributed by atoms with Crippen LogP contribution in [0.25, 0.3) is 0 Å². The Morgan fingerprint density at radius 1 is 1.13 bits per heavy atom. The van der Waals surface area contributed by atoms with Gasteiger partial charge < -0.3 is 10.6 Å². The number of fused-ring (bicyclic) bond motifs is 3. The van der Waals surface area contributed by atoms with Gasteiger partial charge in [-0.3, -0.25) is 9.89 Å². The van der Waals surface area contributed by atoms with Crippen LogP contribution in [0.15, 0.2) is 28.1 Å². The number of benzene rings is 1. The zero-order valence-corrected chi connectivity index (χ0v) is 13.3. The molecular weight excluding hydrogens is 318 g/mol. The van der Waals surface area contributed by atoms with Gasteiger partial charge in [-0.25, -0.2) is 13.2 Å². The lowest BCUT2D eigenvalue weighted by atomic mass is 10.1. The Morgan fingerprint density at radius 2 is 1.91 bits per heavy atom. The van der Waals surface area contributed by atoms with E-state index in [2.05, 4.69) is 15.6 Å². The number of nitrogens with zero attached hydrogens (tertiary/aromatic N) is 3. The molecule has 9 heteroatoms. The molecule has 1 aromatic rings. The summed E-state index contributed by atoms with van der Waals surface area (Å²) >= 11 is 0. The number of hydrogen-bond donors (Lipinski definition) is 2. The van der Waals surface area contributed by atoms with Crippen LogP contribution in [-0.4, -0.2) is 68.8 Å². The topological polar surface area (TPSA) is 94.1 Å². The highest BCUT2D eigenvalue weighted by Crippen LogP contribution is 2.29. The molecule has 3 aliphatic rings. The Morgan fingerprint density at radius 3 is 2.70 bits per heavy atom. The standard InChI is InChI=1S/C14H17N5O3S/c20-14-17-12-2-1-10(9-11(12)13-16-5-8-19(13)14)23(21,22)18-6-3-15-4-7-18/h1-2,9,15H,3-8H2,(H,17,20). The number of carbonyl (C=O) groups is 1. The number of carbonyl (C=O) groups excluding carboxylic acids is 1. The minimum atomic E-state index is -3.53. The number of aliphatic imine (C=N–C) groups is 1. The number of hydrogen-bond acceptors (Lipinski definition) is 5. The van der Waals surface area contributed by atoms with Gasteiger partial charge in [0.05, 0.1) is 17.1 Å². The minimum absolute atomic E-state index is 0.216. The van der Waals surface area contributed by atoms with E-state index >= 15 is 0 Å². The number of amides is 2. The van der Waals surface area contributed by atoms with Crippen LogP contribution in [-0.2, 0) is 10.0 Å². The summed E-state index contributed by atoms with van der Waals surface area (Å²) in [5.74, 6) is 0.557. The lowest BCUT2D eigenvalue weighted by Gasteiger charge is -2.29. The van der Waals surface area contributed by atoms with Crippen LogP contribution in [0.5, 0.6) is 0 Å². The van der Waals surface area contributed by atoms with Crippen molar-refractivity contribution in [3.05, 3.63) is 23.8 Å². The summed E-state index contributed by atoms with van der Waals surface area (Å²) < 4.78 is 27.1. The summed E-state index contributed by atoms with van der Waals surface area (Å²) in [5, 5.41) is 5.92. The zero-order chi connectivity index (χ0) is 16.0. The van der Waals surface area contributed by atoms with Crippen LogP contribution >= 0.6 is 0 Å². The number of piperazine rings is 1. The molecule has 3 aliphatic heterocycles. The van der Waals surface area contributed by atoms with E-state index in [1.165, 1.54) is 4.31 Å². The lowest BCUT2D eigenvalue weighted by molar-refractivity contribution is 0.235. The van der Waals surface area contributed by atoms with Gasteiger partial charge in [-0.05, 0) is 18.2 Å². The molecular formula is C14H17N5O3S. The molecule has 23 heavy (non-hydrogen) atoms. The van der Waals surface area contributed by atoms with Gasteiger partial charge in [-0.15, -0.1) is 0 Å². The Kier molecular flexibility index (Phi) is 3.36. The van der Waals surface area contributed by atoms with E-state index in [0.29, 0.717) is 56.4 Å². The average molecular weight is 335 g/mol. The maximum Gasteiger partial charge on any atom is 0.327 e. The maximum atomic E-state index is 12.8. The second kappa shape index (κ2) is 5.29. The fourth-order valence-corrected chi connectivity index (χ4v) is 4.54. The highest BCUT2D eigenvalue weighted by atomic mass is 32.2. The SMILES string of the molecule is O=C1Nc2ccc(S(=O)(=O)N3CCNCC3)cc2C2=NCCN12. The van der Waals surface area contributed by atoms with Crippen molar-refractivity contribution < 1.29 is 13.2 Å². The Balaban J connectivity index is 1.75. The van der Waals surface area contributed by atoms with Crippen molar-refractivity contribution >= 4 is 27.6 Å². The Labute approximate surface area is 134 Å². The minimum Gasteiger partial charge on any atom is -0.314 e. The van der Waals surface area contributed by atoms with Crippen molar-refractivity contribution in [2.75, 3.05) is 44.6 Å². The second-order valence-corrected chi connectivity index (χ2v) is 7.59. The number of amidine groups is 1. The molecule has 2 N–H and O–H groups in total. The third-order valence-corrected chi connectivity index (χ3v) is 6.17. The Bertz CT molecular complexity index is 799. The van der Waals surface area contributed by atoms with Crippen LogP contribution < -0.4 is 10.6 Å². The third kappa shape index (κ3) is 2.32. The monoisotopic (exact) mass is 335 g/mol. The second-order valence-electron chi connectivity index (χ2n) is 5.65. The number of urea groups is 1. The fourth-order valence-electron chi connectivity index (χ4n) is 3.07. The number of sulfonamides is 1. The molecule has 3 heterocycles. The summed E-state index contributed by atoms with van der Waals surface area (Å²) in [6, 6.07) is 4.58. The molecule has 1 fully saturated rings. The van der Waals surface area contributed by atoms with Crippen LogP contribution in [0.2, 0.25) is 0 Å². The molecule has 0 aromatic heterocycles. The molecule has 2 amide bonds. The molecule has 0 radical (unpaired) electrons. The van der Waals surface area contributed by atoms with E-state index in [1.54, 1.807) is 23.1 Å². The summed E-state index contributed by atoms with van der Waals surface area (Å²) in [6.45, 7) is 3.29. The van der Waals surface area contributed by atoms with Gasteiger partial charge in [0, 0.05) is 38.3 Å². The van der Waals surface area contributed by atoms with Gasteiger partial charge in [0.2, 0.25) is 10.0 Å². The van der Waals surface area contributed by atoms with E-state index in [0.717, 1.165) is 0 Å². The van der Waals surface area contributed by atoms with Gasteiger partial charge in [0.15, 0.2) is 0 Å². The van der Waals surface area contributed by atoms with Gasteiger partial charge in [-0.2, -0.15) is 4.31 Å². The van der Waals surface area contributed by atoms with Crippen molar-refractivity contribution in [2.24, 2.45) is 4.99 Å². The van der Waals surface area contributed by atoms with E-state index in [9.17, 15) is 13.2 Å². The highest BCUT2D eigenvalue weighted by molar-refractivity contribution is 7.89. The number of rotatable bonds is 2. The fraction of sp³-hybridized carbons (Fsp3) is 0.429. The van der Waals surface area contributed by atoms with Crippen LogP contribution in [0.4, 0.5) is 10.5 Å². The van der Waals surface area contributed by atoms with Crippen LogP contribution in [0, 0.1) is 0 Å².